The number of carbonyl (C=O) groups is 2. The number of halogens is 1. The van der Waals surface area contributed by atoms with Crippen LogP contribution < -0.4 is 9.47 Å². The molecule has 0 aromatic heterocycles. The lowest BCUT2D eigenvalue weighted by atomic mass is 10.1. The minimum absolute atomic E-state index is 0.108. The molecule has 2 rings (SSSR count). The molecule has 6 nitrogen and oxygen atoms in total. The van der Waals surface area contributed by atoms with Gasteiger partial charge in [-0.2, -0.15) is 0 Å². The van der Waals surface area contributed by atoms with Gasteiger partial charge in [-0.3, -0.25) is 9.59 Å². The van der Waals surface area contributed by atoms with Crippen molar-refractivity contribution in [2.45, 2.75) is 20.3 Å². The van der Waals surface area contributed by atoms with Crippen molar-refractivity contribution in [3.8, 4) is 11.5 Å². The van der Waals surface area contributed by atoms with Gasteiger partial charge in [-0.05, 0) is 23.6 Å². The summed E-state index contributed by atoms with van der Waals surface area (Å²) in [5.74, 6) is 0.209. The Hall–Kier alpha value is -1.76. The van der Waals surface area contributed by atoms with Gasteiger partial charge in [0.1, 0.15) is 19.8 Å². The number of hydrogen-bond donors (Lipinski definition) is 1. The number of carboxylic acids is 1. The number of ether oxygens (including phenoxy) is 2. The second kappa shape index (κ2) is 7.68. The van der Waals surface area contributed by atoms with Crippen LogP contribution in [-0.2, 0) is 16.0 Å². The molecule has 1 aromatic carbocycles. The molecule has 1 aliphatic rings. The molecule has 0 atom stereocenters. The molecular weight excluding hydrogens is 366 g/mol. The Labute approximate surface area is 143 Å². The molecule has 23 heavy (non-hydrogen) atoms. The third-order valence-electron chi connectivity index (χ3n) is 3.32. The minimum atomic E-state index is -1.01. The molecule has 0 radical (unpaired) electrons. The summed E-state index contributed by atoms with van der Waals surface area (Å²) in [5, 5.41) is 8.98. The summed E-state index contributed by atoms with van der Waals surface area (Å²) in [6.07, 6.45) is 0.108. The molecular formula is C16H20BrNO5. The van der Waals surface area contributed by atoms with Crippen molar-refractivity contribution in [3.63, 3.8) is 0 Å². The van der Waals surface area contributed by atoms with Gasteiger partial charge in [-0.1, -0.05) is 29.8 Å². The molecule has 0 saturated heterocycles. The molecule has 1 amide bonds. The molecule has 0 saturated carbocycles. The van der Waals surface area contributed by atoms with Crippen LogP contribution in [0.15, 0.2) is 16.6 Å². The number of amides is 1. The van der Waals surface area contributed by atoms with E-state index in [2.05, 4.69) is 15.9 Å². The van der Waals surface area contributed by atoms with E-state index in [1.165, 1.54) is 4.90 Å². The van der Waals surface area contributed by atoms with Crippen LogP contribution in [0, 0.1) is 5.92 Å². The first kappa shape index (κ1) is 17.6. The number of carboxylic acid groups (broad SMARTS) is 1. The maximum atomic E-state index is 12.5. The largest absolute Gasteiger partial charge is 0.486 e. The van der Waals surface area contributed by atoms with Crippen molar-refractivity contribution in [1.82, 2.24) is 4.90 Å². The molecule has 1 heterocycles. The van der Waals surface area contributed by atoms with E-state index in [0.29, 0.717) is 31.3 Å². The number of carbonyl (C=O) groups excluding carboxylic acids is 1. The molecule has 0 aliphatic carbocycles. The van der Waals surface area contributed by atoms with Crippen molar-refractivity contribution in [3.05, 3.63) is 22.2 Å². The summed E-state index contributed by atoms with van der Waals surface area (Å²) in [5.41, 5.74) is 0.749. The molecule has 0 fully saturated rings. The molecule has 1 aliphatic heterocycles. The highest BCUT2D eigenvalue weighted by molar-refractivity contribution is 9.10. The van der Waals surface area contributed by atoms with Gasteiger partial charge in [0, 0.05) is 11.0 Å². The van der Waals surface area contributed by atoms with Crippen LogP contribution in [0.1, 0.15) is 19.4 Å². The zero-order valence-electron chi connectivity index (χ0n) is 13.2. The van der Waals surface area contributed by atoms with E-state index in [0.717, 1.165) is 10.0 Å². The lowest BCUT2D eigenvalue weighted by Crippen LogP contribution is -2.39. The van der Waals surface area contributed by atoms with E-state index in [4.69, 9.17) is 14.6 Å². The molecule has 126 valence electrons. The maximum Gasteiger partial charge on any atom is 0.323 e. The van der Waals surface area contributed by atoms with Gasteiger partial charge in [0.25, 0.3) is 0 Å². The smallest absolute Gasteiger partial charge is 0.323 e. The zero-order chi connectivity index (χ0) is 17.0. The van der Waals surface area contributed by atoms with Crippen molar-refractivity contribution < 1.29 is 24.2 Å². The number of benzene rings is 1. The van der Waals surface area contributed by atoms with E-state index >= 15 is 0 Å². The first-order chi connectivity index (χ1) is 10.9. The summed E-state index contributed by atoms with van der Waals surface area (Å²) >= 11 is 3.43. The van der Waals surface area contributed by atoms with Crippen LogP contribution in [0.25, 0.3) is 0 Å². The predicted octanol–water partition coefficient (Wildman–Crippen LogP) is 2.33. The number of fused-ring (bicyclic) bond motifs is 1. The maximum absolute atomic E-state index is 12.5. The Morgan fingerprint density at radius 2 is 1.87 bits per heavy atom. The molecule has 1 aromatic rings. The third kappa shape index (κ3) is 4.86. The normalized spacial score (nSPS) is 13.0. The van der Waals surface area contributed by atoms with E-state index in [1.54, 1.807) is 12.1 Å². The van der Waals surface area contributed by atoms with Crippen LogP contribution in [0.5, 0.6) is 11.5 Å². The van der Waals surface area contributed by atoms with Gasteiger partial charge < -0.3 is 19.5 Å². The standard InChI is InChI=1S/C16H20BrNO5/c1-10(2)8-18(9-16(20)21)15(19)6-11-5-13-14(7-12(11)17)23-4-3-22-13/h5,7,10H,3-4,6,8-9H2,1-2H3,(H,20,21). The van der Waals surface area contributed by atoms with Gasteiger partial charge in [0.15, 0.2) is 11.5 Å². The van der Waals surface area contributed by atoms with Crippen molar-refractivity contribution >= 4 is 27.8 Å². The topological polar surface area (TPSA) is 76.1 Å². The number of aliphatic carboxylic acids is 1. The van der Waals surface area contributed by atoms with Crippen LogP contribution in [0.4, 0.5) is 0 Å². The molecule has 0 unspecified atom stereocenters. The third-order valence-corrected chi connectivity index (χ3v) is 4.06. The average Bonchev–Trinajstić information content (AvgIpc) is 2.46. The van der Waals surface area contributed by atoms with Crippen LogP contribution >= 0.6 is 15.9 Å². The highest BCUT2D eigenvalue weighted by atomic mass is 79.9. The number of nitrogens with zero attached hydrogens (tertiary/aromatic N) is 1. The van der Waals surface area contributed by atoms with E-state index in [1.807, 2.05) is 13.8 Å². The Balaban J connectivity index is 2.15. The first-order valence-electron chi connectivity index (χ1n) is 7.44. The second-order valence-corrected chi connectivity index (χ2v) is 6.68. The highest BCUT2D eigenvalue weighted by Gasteiger charge is 2.21. The van der Waals surface area contributed by atoms with Crippen LogP contribution in [0.2, 0.25) is 0 Å². The quantitative estimate of drug-likeness (QED) is 0.812. The number of hydrogen-bond acceptors (Lipinski definition) is 4. The Morgan fingerprint density at radius 1 is 1.26 bits per heavy atom. The fraction of sp³-hybridized carbons (Fsp3) is 0.500. The molecule has 1 N–H and O–H groups in total. The zero-order valence-corrected chi connectivity index (χ0v) is 14.8. The first-order valence-corrected chi connectivity index (χ1v) is 8.23. The fourth-order valence-electron chi connectivity index (χ4n) is 2.37. The van der Waals surface area contributed by atoms with E-state index in [-0.39, 0.29) is 24.8 Å². The lowest BCUT2D eigenvalue weighted by molar-refractivity contribution is -0.144. The van der Waals surface area contributed by atoms with Gasteiger partial charge in [0.05, 0.1) is 6.42 Å². The van der Waals surface area contributed by atoms with E-state index < -0.39 is 5.97 Å². The monoisotopic (exact) mass is 385 g/mol. The summed E-state index contributed by atoms with van der Waals surface area (Å²) in [6, 6.07) is 3.55. The average molecular weight is 386 g/mol. The van der Waals surface area contributed by atoms with Crippen LogP contribution in [-0.4, -0.2) is 48.2 Å². The Kier molecular flexibility index (Phi) is 5.87. The molecule has 7 heteroatoms. The number of rotatable bonds is 6. The predicted molar refractivity (Wildman–Crippen MR) is 87.9 cm³/mol. The summed E-state index contributed by atoms with van der Waals surface area (Å²) in [4.78, 5) is 24.8. The van der Waals surface area contributed by atoms with Crippen molar-refractivity contribution in [2.24, 2.45) is 5.92 Å². The molecule has 0 spiro atoms. The highest BCUT2D eigenvalue weighted by Crippen LogP contribution is 2.35. The SMILES string of the molecule is CC(C)CN(CC(=O)O)C(=O)Cc1cc2c(cc1Br)OCCO2. The van der Waals surface area contributed by atoms with Crippen molar-refractivity contribution in [2.75, 3.05) is 26.3 Å². The Morgan fingerprint density at radius 3 is 2.43 bits per heavy atom. The minimum Gasteiger partial charge on any atom is -0.486 e. The summed E-state index contributed by atoms with van der Waals surface area (Å²) < 4.78 is 11.8. The van der Waals surface area contributed by atoms with Gasteiger partial charge in [-0.15, -0.1) is 0 Å². The van der Waals surface area contributed by atoms with Crippen molar-refractivity contribution in [1.29, 1.82) is 0 Å². The summed E-state index contributed by atoms with van der Waals surface area (Å²) in [7, 11) is 0. The Bertz CT molecular complexity index is 602. The van der Waals surface area contributed by atoms with Gasteiger partial charge in [0.2, 0.25) is 5.91 Å². The van der Waals surface area contributed by atoms with Gasteiger partial charge in [-0.25, -0.2) is 0 Å². The lowest BCUT2D eigenvalue weighted by Gasteiger charge is -2.24. The van der Waals surface area contributed by atoms with Crippen LogP contribution in [0.3, 0.4) is 0 Å². The molecule has 0 bridgehead atoms. The summed E-state index contributed by atoms with van der Waals surface area (Å²) in [6.45, 7) is 4.98. The van der Waals surface area contributed by atoms with Gasteiger partial charge >= 0.3 is 5.97 Å². The second-order valence-electron chi connectivity index (χ2n) is 5.83. The van der Waals surface area contributed by atoms with E-state index in [9.17, 15) is 9.59 Å². The fourth-order valence-corrected chi connectivity index (χ4v) is 2.84.